The molecule has 0 aromatic heterocycles. The van der Waals surface area contributed by atoms with Crippen LogP contribution < -0.4 is 14.8 Å². The van der Waals surface area contributed by atoms with Gasteiger partial charge in [-0.1, -0.05) is 12.1 Å². The van der Waals surface area contributed by atoms with Crippen LogP contribution in [0.3, 0.4) is 0 Å². The number of hydrogen-bond acceptors (Lipinski definition) is 3. The molecule has 0 fully saturated rings. The second-order valence-electron chi connectivity index (χ2n) is 4.47. The number of para-hydroxylation sites is 1. The van der Waals surface area contributed by atoms with Crippen molar-refractivity contribution in [1.29, 1.82) is 0 Å². The number of rotatable bonds is 5. The summed E-state index contributed by atoms with van der Waals surface area (Å²) >= 11 is 0. The van der Waals surface area contributed by atoms with Crippen LogP contribution in [0.25, 0.3) is 0 Å². The molecule has 2 rings (SSSR count). The second-order valence-corrected chi connectivity index (χ2v) is 4.47. The lowest BCUT2D eigenvalue weighted by Gasteiger charge is -2.21. The first-order valence-corrected chi connectivity index (χ1v) is 6.45. The number of nitrogens with one attached hydrogen (secondary N) is 1. The van der Waals surface area contributed by atoms with Gasteiger partial charge in [0.25, 0.3) is 0 Å². The van der Waals surface area contributed by atoms with E-state index in [9.17, 15) is 8.78 Å². The fourth-order valence-corrected chi connectivity index (χ4v) is 2.35. The Labute approximate surface area is 122 Å². The van der Waals surface area contributed by atoms with Crippen molar-refractivity contribution < 1.29 is 18.3 Å². The molecule has 112 valence electrons. The van der Waals surface area contributed by atoms with E-state index in [-0.39, 0.29) is 5.56 Å². The summed E-state index contributed by atoms with van der Waals surface area (Å²) in [4.78, 5) is 0. The quantitative estimate of drug-likeness (QED) is 0.917. The van der Waals surface area contributed by atoms with Gasteiger partial charge in [0.05, 0.1) is 20.3 Å². The molecule has 21 heavy (non-hydrogen) atoms. The predicted octanol–water partition coefficient (Wildman–Crippen LogP) is 3.29. The third kappa shape index (κ3) is 2.97. The summed E-state index contributed by atoms with van der Waals surface area (Å²) in [6, 6.07) is 8.14. The molecule has 0 aliphatic heterocycles. The van der Waals surface area contributed by atoms with Crippen LogP contribution in [-0.2, 0) is 0 Å². The van der Waals surface area contributed by atoms with Crippen molar-refractivity contribution in [2.45, 2.75) is 6.04 Å². The lowest BCUT2D eigenvalue weighted by Crippen LogP contribution is -2.20. The van der Waals surface area contributed by atoms with Crippen molar-refractivity contribution in [3.63, 3.8) is 0 Å². The minimum atomic E-state index is -0.550. The van der Waals surface area contributed by atoms with Gasteiger partial charge in [0.1, 0.15) is 11.6 Å². The maximum absolute atomic E-state index is 14.0. The van der Waals surface area contributed by atoms with E-state index in [1.165, 1.54) is 20.3 Å². The number of halogens is 2. The third-order valence-corrected chi connectivity index (χ3v) is 3.30. The molecule has 2 aromatic rings. The summed E-state index contributed by atoms with van der Waals surface area (Å²) in [7, 11) is 4.71. The number of methoxy groups -OCH3 is 2. The molecule has 0 saturated heterocycles. The third-order valence-electron chi connectivity index (χ3n) is 3.30. The molecule has 0 aliphatic rings. The molecular weight excluding hydrogens is 276 g/mol. The van der Waals surface area contributed by atoms with Gasteiger partial charge < -0.3 is 14.8 Å². The van der Waals surface area contributed by atoms with Gasteiger partial charge in [-0.25, -0.2) is 8.78 Å². The summed E-state index contributed by atoms with van der Waals surface area (Å²) < 4.78 is 38.1. The van der Waals surface area contributed by atoms with Gasteiger partial charge in [-0.2, -0.15) is 0 Å². The normalized spacial score (nSPS) is 12.0. The first-order valence-electron chi connectivity index (χ1n) is 6.45. The molecule has 1 atom stereocenters. The maximum atomic E-state index is 14.0. The Balaban J connectivity index is 2.59. The van der Waals surface area contributed by atoms with Crippen molar-refractivity contribution in [3.8, 4) is 11.5 Å². The number of ether oxygens (including phenoxy) is 2. The van der Waals surface area contributed by atoms with Gasteiger partial charge in [-0.15, -0.1) is 0 Å². The van der Waals surface area contributed by atoms with Crippen LogP contribution in [0.2, 0.25) is 0 Å². The van der Waals surface area contributed by atoms with Gasteiger partial charge in [0, 0.05) is 11.1 Å². The zero-order valence-electron chi connectivity index (χ0n) is 12.1. The molecule has 0 bridgehead atoms. The number of benzene rings is 2. The molecule has 2 aromatic carbocycles. The van der Waals surface area contributed by atoms with Gasteiger partial charge >= 0.3 is 0 Å². The van der Waals surface area contributed by atoms with Crippen molar-refractivity contribution >= 4 is 0 Å². The predicted molar refractivity (Wildman–Crippen MR) is 76.8 cm³/mol. The van der Waals surface area contributed by atoms with E-state index in [2.05, 4.69) is 5.32 Å². The van der Waals surface area contributed by atoms with E-state index < -0.39 is 17.7 Å². The SMILES string of the molecule is CNC(c1cc(F)ccc1F)c1cccc(OC)c1OC. The summed E-state index contributed by atoms with van der Waals surface area (Å²) in [6.07, 6.45) is 0. The van der Waals surface area contributed by atoms with Crippen LogP contribution in [0, 0.1) is 11.6 Å². The molecular formula is C16H17F2NO2. The first kappa shape index (κ1) is 15.3. The highest BCUT2D eigenvalue weighted by molar-refractivity contribution is 5.50. The van der Waals surface area contributed by atoms with E-state index in [0.29, 0.717) is 17.1 Å². The fourth-order valence-electron chi connectivity index (χ4n) is 2.35. The summed E-state index contributed by atoms with van der Waals surface area (Å²) in [5.74, 6) is 0.0456. The molecule has 0 spiro atoms. The van der Waals surface area contributed by atoms with Crippen LogP contribution in [0.1, 0.15) is 17.2 Å². The van der Waals surface area contributed by atoms with Crippen LogP contribution in [0.5, 0.6) is 11.5 Å². The van der Waals surface area contributed by atoms with Crippen LogP contribution >= 0.6 is 0 Å². The van der Waals surface area contributed by atoms with Crippen LogP contribution in [0.15, 0.2) is 36.4 Å². The lowest BCUT2D eigenvalue weighted by molar-refractivity contribution is 0.349. The van der Waals surface area contributed by atoms with Crippen LogP contribution in [-0.4, -0.2) is 21.3 Å². The van der Waals surface area contributed by atoms with E-state index >= 15 is 0 Å². The Kier molecular flexibility index (Phi) is 4.75. The minimum Gasteiger partial charge on any atom is -0.493 e. The highest BCUT2D eigenvalue weighted by Crippen LogP contribution is 2.37. The molecule has 0 radical (unpaired) electrons. The smallest absolute Gasteiger partial charge is 0.165 e. The molecule has 1 N–H and O–H groups in total. The maximum Gasteiger partial charge on any atom is 0.165 e. The second kappa shape index (κ2) is 6.54. The van der Waals surface area contributed by atoms with Crippen molar-refractivity contribution in [2.24, 2.45) is 0 Å². The molecule has 0 heterocycles. The van der Waals surface area contributed by atoms with E-state index in [0.717, 1.165) is 12.1 Å². The van der Waals surface area contributed by atoms with Crippen molar-refractivity contribution in [1.82, 2.24) is 5.32 Å². The average Bonchev–Trinajstić information content (AvgIpc) is 2.51. The van der Waals surface area contributed by atoms with Gasteiger partial charge in [0.2, 0.25) is 0 Å². The van der Waals surface area contributed by atoms with Gasteiger partial charge in [-0.3, -0.25) is 0 Å². The Morgan fingerprint density at radius 2 is 1.76 bits per heavy atom. The standard InChI is InChI=1S/C16H17F2NO2/c1-19-15(12-9-10(17)7-8-13(12)18)11-5-4-6-14(20-2)16(11)21-3/h4-9,15,19H,1-3H3. The van der Waals surface area contributed by atoms with Crippen LogP contribution in [0.4, 0.5) is 8.78 Å². The van der Waals surface area contributed by atoms with Crippen molar-refractivity contribution in [2.75, 3.05) is 21.3 Å². The zero-order chi connectivity index (χ0) is 15.4. The monoisotopic (exact) mass is 293 g/mol. The molecule has 3 nitrogen and oxygen atoms in total. The van der Waals surface area contributed by atoms with E-state index in [4.69, 9.17) is 9.47 Å². The Morgan fingerprint density at radius 1 is 1.00 bits per heavy atom. The summed E-state index contributed by atoms with van der Waals surface area (Å²) in [5.41, 5.74) is 0.882. The van der Waals surface area contributed by atoms with Crippen molar-refractivity contribution in [3.05, 3.63) is 59.2 Å². The Morgan fingerprint density at radius 3 is 2.38 bits per heavy atom. The highest BCUT2D eigenvalue weighted by atomic mass is 19.1. The fraction of sp³-hybridized carbons (Fsp3) is 0.250. The minimum absolute atomic E-state index is 0.212. The topological polar surface area (TPSA) is 30.5 Å². The first-order chi connectivity index (χ1) is 10.1. The molecule has 0 aliphatic carbocycles. The Hall–Kier alpha value is -2.14. The molecule has 0 saturated carbocycles. The largest absolute Gasteiger partial charge is 0.493 e. The highest BCUT2D eigenvalue weighted by Gasteiger charge is 2.22. The molecule has 1 unspecified atom stereocenters. The average molecular weight is 293 g/mol. The summed E-state index contributed by atoms with van der Waals surface area (Å²) in [6.45, 7) is 0. The number of hydrogen-bond donors (Lipinski definition) is 1. The zero-order valence-corrected chi connectivity index (χ0v) is 12.1. The molecule has 5 heteroatoms. The van der Waals surface area contributed by atoms with Gasteiger partial charge in [-0.05, 0) is 31.3 Å². The molecule has 0 amide bonds. The van der Waals surface area contributed by atoms with E-state index in [1.54, 1.807) is 25.2 Å². The lowest BCUT2D eigenvalue weighted by atomic mass is 9.97. The Bertz CT molecular complexity index is 632. The summed E-state index contributed by atoms with van der Waals surface area (Å²) in [5, 5.41) is 2.99. The van der Waals surface area contributed by atoms with E-state index in [1.807, 2.05) is 0 Å². The van der Waals surface area contributed by atoms with Gasteiger partial charge in [0.15, 0.2) is 11.5 Å².